The van der Waals surface area contributed by atoms with Gasteiger partial charge in [-0.1, -0.05) is 35.5 Å². The van der Waals surface area contributed by atoms with Crippen LogP contribution >= 0.6 is 23.2 Å². The predicted octanol–water partition coefficient (Wildman–Crippen LogP) is 4.45. The van der Waals surface area contributed by atoms with Gasteiger partial charge in [0.25, 0.3) is 6.43 Å². The molecule has 125 valence electrons. The number of hydrogen-bond donors (Lipinski definition) is 0. The van der Waals surface area contributed by atoms with E-state index in [9.17, 15) is 13.6 Å². The van der Waals surface area contributed by atoms with E-state index in [0.717, 1.165) is 4.57 Å². The summed E-state index contributed by atoms with van der Waals surface area (Å²) in [4.78, 5) is 12.0. The average molecular weight is 448 g/mol. The third-order valence-corrected chi connectivity index (χ3v) is 3.52. The first-order valence-electron chi connectivity index (χ1n) is 6.56. The number of alkyl halides is 2. The van der Waals surface area contributed by atoms with Crippen LogP contribution in [-0.2, 0) is 39.3 Å². The van der Waals surface area contributed by atoms with E-state index in [2.05, 4.69) is 12.6 Å². The summed E-state index contributed by atoms with van der Waals surface area (Å²) in [6, 6.07) is 8.68. The van der Waals surface area contributed by atoms with Gasteiger partial charge in [0.2, 0.25) is 5.56 Å². The molecule has 1 heterocycles. The standard InChI is InChI=1S/C16H12Cl2F2NO2.Y/c1-2-7-23-10-3-4-11(13(18)8-10)14-6-5-12(17)16(22)21(14)9-15(19)20;/h2-5,8,15H,1,7,9H2;/q-1;. The molecule has 0 amide bonds. The van der Waals surface area contributed by atoms with Gasteiger partial charge in [0, 0.05) is 37.7 Å². The van der Waals surface area contributed by atoms with Gasteiger partial charge in [-0.15, -0.1) is 6.07 Å². The van der Waals surface area contributed by atoms with Crippen molar-refractivity contribution in [2.45, 2.75) is 13.0 Å². The minimum Gasteiger partial charge on any atom is -0.490 e. The second-order valence-electron chi connectivity index (χ2n) is 4.53. The Bertz CT molecular complexity index is 781. The summed E-state index contributed by atoms with van der Waals surface area (Å²) in [7, 11) is 0. The Kier molecular flexibility index (Phi) is 8.57. The molecule has 0 fully saturated rings. The average Bonchev–Trinajstić information content (AvgIpc) is 2.50. The first-order chi connectivity index (χ1) is 10.9. The van der Waals surface area contributed by atoms with Gasteiger partial charge in [-0.2, -0.15) is 23.7 Å². The Labute approximate surface area is 173 Å². The molecule has 0 N–H and O–H groups in total. The third kappa shape index (κ3) is 5.12. The van der Waals surface area contributed by atoms with Crippen molar-refractivity contribution in [2.24, 2.45) is 0 Å². The molecule has 0 atom stereocenters. The first kappa shape index (κ1) is 21.3. The van der Waals surface area contributed by atoms with Crippen molar-refractivity contribution in [3.05, 3.63) is 63.4 Å². The molecular formula is C16H12Cl2F2NO2Y-. The Hall–Kier alpha value is -0.746. The maximum atomic E-state index is 12.8. The van der Waals surface area contributed by atoms with E-state index in [0.29, 0.717) is 17.9 Å². The van der Waals surface area contributed by atoms with Crippen LogP contribution in [0.25, 0.3) is 11.3 Å². The fourth-order valence-corrected chi connectivity index (χ4v) is 2.39. The number of benzene rings is 1. The van der Waals surface area contributed by atoms with Crippen molar-refractivity contribution in [1.29, 1.82) is 0 Å². The number of halogens is 4. The largest absolute Gasteiger partial charge is 0.490 e. The molecule has 8 heteroatoms. The smallest absolute Gasteiger partial charge is 0.256 e. The van der Waals surface area contributed by atoms with Gasteiger partial charge in [0.15, 0.2) is 0 Å². The number of pyridine rings is 1. The molecule has 0 spiro atoms. The second kappa shape index (κ2) is 9.66. The van der Waals surface area contributed by atoms with Gasteiger partial charge in [-0.3, -0.25) is 4.79 Å². The minimum atomic E-state index is -2.72. The summed E-state index contributed by atoms with van der Waals surface area (Å²) >= 11 is 11.9. The zero-order valence-electron chi connectivity index (χ0n) is 12.4. The van der Waals surface area contributed by atoms with E-state index in [-0.39, 0.29) is 48.4 Å². The van der Waals surface area contributed by atoms with Gasteiger partial charge in [0.05, 0.1) is 6.54 Å². The summed E-state index contributed by atoms with van der Waals surface area (Å²) < 4.78 is 31.7. The monoisotopic (exact) mass is 447 g/mol. The molecule has 1 radical (unpaired) electrons. The SMILES string of the molecule is C=CCOc1ccc(-c2[c-]cc(Cl)c(=O)n2CC(F)F)c(Cl)c1.[Y]. The van der Waals surface area contributed by atoms with E-state index in [4.69, 9.17) is 27.9 Å². The fraction of sp³-hybridized carbons (Fsp3) is 0.188. The Morgan fingerprint density at radius 2 is 2.04 bits per heavy atom. The van der Waals surface area contributed by atoms with Crippen molar-refractivity contribution < 1.29 is 46.2 Å². The molecule has 0 unspecified atom stereocenters. The molecule has 0 saturated carbocycles. The van der Waals surface area contributed by atoms with E-state index in [1.165, 1.54) is 12.1 Å². The number of rotatable bonds is 6. The molecule has 0 aliphatic rings. The zero-order valence-corrected chi connectivity index (χ0v) is 16.8. The minimum absolute atomic E-state index is 0. The summed E-state index contributed by atoms with van der Waals surface area (Å²) in [5.74, 6) is 0.496. The van der Waals surface area contributed by atoms with E-state index >= 15 is 0 Å². The van der Waals surface area contributed by atoms with Gasteiger partial charge in [-0.05, 0) is 17.2 Å². The van der Waals surface area contributed by atoms with E-state index in [1.54, 1.807) is 18.2 Å². The molecule has 1 aromatic carbocycles. The molecule has 3 nitrogen and oxygen atoms in total. The van der Waals surface area contributed by atoms with Gasteiger partial charge in [-0.25, -0.2) is 8.78 Å². The number of ether oxygens (including phenoxy) is 1. The van der Waals surface area contributed by atoms with Crippen LogP contribution in [0.15, 0.2) is 41.7 Å². The molecule has 0 saturated heterocycles. The fourth-order valence-electron chi connectivity index (χ4n) is 1.97. The molecule has 1 aromatic heterocycles. The predicted molar refractivity (Wildman–Crippen MR) is 86.7 cm³/mol. The molecule has 2 rings (SSSR count). The Morgan fingerprint density at radius 3 is 2.62 bits per heavy atom. The van der Waals surface area contributed by atoms with Crippen LogP contribution in [0.4, 0.5) is 8.78 Å². The van der Waals surface area contributed by atoms with E-state index in [1.807, 2.05) is 0 Å². The third-order valence-electron chi connectivity index (χ3n) is 2.94. The summed E-state index contributed by atoms with van der Waals surface area (Å²) in [6.07, 6.45) is -1.14. The molecule has 0 aliphatic heterocycles. The van der Waals surface area contributed by atoms with E-state index < -0.39 is 18.5 Å². The molecule has 24 heavy (non-hydrogen) atoms. The summed E-state index contributed by atoms with van der Waals surface area (Å²) in [5.41, 5.74) is -0.198. The maximum Gasteiger partial charge on any atom is 0.256 e. The second-order valence-corrected chi connectivity index (χ2v) is 5.35. The molecular weight excluding hydrogens is 436 g/mol. The maximum absolute atomic E-state index is 12.8. The van der Waals surface area contributed by atoms with Crippen molar-refractivity contribution in [1.82, 2.24) is 4.57 Å². The quantitative estimate of drug-likeness (QED) is 0.484. The van der Waals surface area contributed by atoms with Crippen molar-refractivity contribution in [3.63, 3.8) is 0 Å². The summed E-state index contributed by atoms with van der Waals surface area (Å²) in [6.45, 7) is 3.04. The van der Waals surface area contributed by atoms with Gasteiger partial charge >= 0.3 is 0 Å². The summed E-state index contributed by atoms with van der Waals surface area (Å²) in [5, 5.41) is 0.0593. The molecule has 0 bridgehead atoms. The van der Waals surface area contributed by atoms with Crippen molar-refractivity contribution >= 4 is 23.2 Å². The van der Waals surface area contributed by atoms with Crippen LogP contribution in [0, 0.1) is 6.07 Å². The van der Waals surface area contributed by atoms with Crippen LogP contribution < -0.4 is 10.3 Å². The van der Waals surface area contributed by atoms with Crippen molar-refractivity contribution in [2.75, 3.05) is 6.61 Å². The Morgan fingerprint density at radius 1 is 1.33 bits per heavy atom. The number of nitrogens with zero attached hydrogens (tertiary/aromatic N) is 1. The van der Waals surface area contributed by atoms with Crippen molar-refractivity contribution in [3.8, 4) is 17.0 Å². The van der Waals surface area contributed by atoms with Gasteiger partial charge < -0.3 is 9.30 Å². The van der Waals surface area contributed by atoms with Crippen LogP contribution in [0.1, 0.15) is 0 Å². The molecule has 2 aromatic rings. The normalized spacial score (nSPS) is 10.4. The molecule has 0 aliphatic carbocycles. The number of hydrogen-bond acceptors (Lipinski definition) is 2. The van der Waals surface area contributed by atoms with Crippen LogP contribution in [0.5, 0.6) is 5.75 Å². The topological polar surface area (TPSA) is 31.2 Å². The van der Waals surface area contributed by atoms with Crippen LogP contribution in [-0.4, -0.2) is 17.6 Å². The number of aromatic nitrogens is 1. The van der Waals surface area contributed by atoms with Gasteiger partial charge in [0.1, 0.15) is 12.4 Å². The van der Waals surface area contributed by atoms with Crippen LogP contribution in [0.3, 0.4) is 0 Å². The van der Waals surface area contributed by atoms with Crippen LogP contribution in [0.2, 0.25) is 10.0 Å². The Balaban J connectivity index is 0.00000288. The first-order valence-corrected chi connectivity index (χ1v) is 7.32. The zero-order chi connectivity index (χ0) is 17.0.